The molecule has 0 aliphatic rings. The van der Waals surface area contributed by atoms with Gasteiger partial charge >= 0.3 is 6.03 Å². The summed E-state index contributed by atoms with van der Waals surface area (Å²) in [5.41, 5.74) is 1.80. The third-order valence-corrected chi connectivity index (χ3v) is 4.76. The topological polar surface area (TPSA) is 139 Å². The lowest BCUT2D eigenvalue weighted by Gasteiger charge is -2.23. The van der Waals surface area contributed by atoms with Crippen molar-refractivity contribution in [1.29, 1.82) is 0 Å². The molecule has 0 atom stereocenters. The van der Waals surface area contributed by atoms with Crippen molar-refractivity contribution < 1.29 is 14.3 Å². The van der Waals surface area contributed by atoms with Gasteiger partial charge in [-0.3, -0.25) is 14.8 Å². The van der Waals surface area contributed by atoms with Crippen LogP contribution in [0.4, 0.5) is 22.0 Å². The zero-order valence-corrected chi connectivity index (χ0v) is 20.9. The summed E-state index contributed by atoms with van der Waals surface area (Å²) in [6.07, 6.45) is 1.56. The Morgan fingerprint density at radius 2 is 1.95 bits per heavy atom. The van der Waals surface area contributed by atoms with E-state index in [2.05, 4.69) is 42.8 Å². The summed E-state index contributed by atoms with van der Waals surface area (Å²) in [4.78, 5) is 31.1. The molecule has 1 aromatic carbocycles. The van der Waals surface area contributed by atoms with Gasteiger partial charge in [0.1, 0.15) is 6.33 Å². The summed E-state index contributed by atoms with van der Waals surface area (Å²) in [6.45, 7) is 5.93. The Hall–Kier alpha value is -4.29. The molecule has 3 aromatic rings. The molecule has 37 heavy (non-hydrogen) atoms. The largest absolute Gasteiger partial charge is 0.494 e. The van der Waals surface area contributed by atoms with Gasteiger partial charge in [0, 0.05) is 26.7 Å². The van der Waals surface area contributed by atoms with Crippen LogP contribution in [0.25, 0.3) is 11.4 Å². The van der Waals surface area contributed by atoms with Crippen LogP contribution in [0.1, 0.15) is 17.4 Å². The van der Waals surface area contributed by atoms with E-state index in [1.165, 1.54) is 18.1 Å². The van der Waals surface area contributed by atoms with E-state index in [4.69, 9.17) is 28.3 Å². The molecule has 0 saturated heterocycles. The van der Waals surface area contributed by atoms with E-state index in [-0.39, 0.29) is 17.2 Å². The van der Waals surface area contributed by atoms with Gasteiger partial charge in [0.25, 0.3) is 5.91 Å². The number of para-hydroxylation sites is 1. The standard InChI is InChI=1S/C22H24B3N9O3/c1-12(2)10-33(3)21(36)28-16-9-15(17(31-30-16)20(35)29-22(23,24)25)27-14-8-6-7-13(18(14)37-5)19-26-11-34(4)32-19/h6-9,11H,1,10H2,2-5H3,(H,29,35)(H2,27,28,30,36). The Kier molecular flexibility index (Phi) is 8.26. The van der Waals surface area contributed by atoms with Crippen LogP contribution in [0.3, 0.4) is 0 Å². The van der Waals surface area contributed by atoms with Crippen molar-refractivity contribution in [3.05, 3.63) is 48.4 Å². The van der Waals surface area contributed by atoms with E-state index in [9.17, 15) is 9.59 Å². The van der Waals surface area contributed by atoms with Gasteiger partial charge in [-0.15, -0.1) is 10.2 Å². The number of rotatable bonds is 9. The van der Waals surface area contributed by atoms with Crippen molar-refractivity contribution in [2.75, 3.05) is 31.3 Å². The molecule has 15 heteroatoms. The predicted octanol–water partition coefficient (Wildman–Crippen LogP) is 0.911. The molecule has 6 radical (unpaired) electrons. The monoisotopic (exact) mass is 495 g/mol. The number of methoxy groups -OCH3 is 1. The molecule has 0 saturated carbocycles. The number of aryl methyl sites for hydroxylation is 1. The van der Waals surface area contributed by atoms with Crippen LogP contribution in [0.5, 0.6) is 5.75 Å². The van der Waals surface area contributed by atoms with Gasteiger partial charge in [-0.05, 0) is 19.1 Å². The lowest BCUT2D eigenvalue weighted by molar-refractivity contribution is 0.0947. The number of nitrogens with one attached hydrogen (secondary N) is 3. The number of hydrogen-bond donors (Lipinski definition) is 3. The first kappa shape index (κ1) is 27.3. The van der Waals surface area contributed by atoms with E-state index in [1.54, 1.807) is 50.2 Å². The van der Waals surface area contributed by atoms with Gasteiger partial charge < -0.3 is 20.3 Å². The summed E-state index contributed by atoms with van der Waals surface area (Å²) >= 11 is 0. The number of likely N-dealkylation sites (N-methyl/N-ethyl adjacent to an activating group) is 1. The maximum Gasteiger partial charge on any atom is 0.323 e. The first-order chi connectivity index (χ1) is 17.4. The average Bonchev–Trinajstić information content (AvgIpc) is 3.23. The fourth-order valence-corrected chi connectivity index (χ4v) is 3.29. The molecular formula is C22H24B3N9O3. The molecule has 0 fully saturated rings. The third-order valence-electron chi connectivity index (χ3n) is 4.76. The van der Waals surface area contributed by atoms with E-state index in [0.717, 1.165) is 5.57 Å². The Balaban J connectivity index is 2.02. The summed E-state index contributed by atoms with van der Waals surface area (Å²) < 4.78 is 7.18. The van der Waals surface area contributed by atoms with E-state index in [0.29, 0.717) is 29.4 Å². The van der Waals surface area contributed by atoms with Crippen LogP contribution in [0.2, 0.25) is 0 Å². The third kappa shape index (κ3) is 7.12. The maximum absolute atomic E-state index is 12.8. The SMILES string of the molecule is [B]C([B])([B])NC(=O)c1nnc(NC(=O)N(C)CC(=C)C)cc1Nc1cccc(-c2ncn(C)n2)c1OC. The molecule has 0 bridgehead atoms. The number of urea groups is 1. The fraction of sp³-hybridized carbons (Fsp3) is 0.273. The molecule has 0 spiro atoms. The molecule has 12 nitrogen and oxygen atoms in total. The van der Waals surface area contributed by atoms with Crippen molar-refractivity contribution >= 4 is 52.7 Å². The second-order valence-electron chi connectivity index (χ2n) is 8.38. The Morgan fingerprint density at radius 3 is 2.54 bits per heavy atom. The second-order valence-corrected chi connectivity index (χ2v) is 8.38. The molecule has 0 aliphatic carbocycles. The quantitative estimate of drug-likeness (QED) is 0.294. The molecule has 0 unspecified atom stereocenters. The highest BCUT2D eigenvalue weighted by molar-refractivity contribution is 6.60. The number of aromatic nitrogens is 5. The van der Waals surface area contributed by atoms with Crippen molar-refractivity contribution in [3.63, 3.8) is 0 Å². The molecule has 0 aliphatic heterocycles. The highest BCUT2D eigenvalue weighted by atomic mass is 16.5. The summed E-state index contributed by atoms with van der Waals surface area (Å²) in [7, 11) is 21.4. The molecular weight excluding hydrogens is 471 g/mol. The van der Waals surface area contributed by atoms with Gasteiger partial charge in [0.2, 0.25) is 0 Å². The zero-order valence-electron chi connectivity index (χ0n) is 20.9. The van der Waals surface area contributed by atoms with E-state index in [1.807, 2.05) is 0 Å². The number of carbonyl (C=O) groups excluding carboxylic acids is 2. The van der Waals surface area contributed by atoms with E-state index >= 15 is 0 Å². The molecule has 3 N–H and O–H groups in total. The van der Waals surface area contributed by atoms with Gasteiger partial charge in [-0.1, -0.05) is 23.5 Å². The van der Waals surface area contributed by atoms with Crippen LogP contribution in [0.15, 0.2) is 42.7 Å². The summed E-state index contributed by atoms with van der Waals surface area (Å²) in [6, 6.07) is 6.22. The van der Waals surface area contributed by atoms with Gasteiger partial charge in [-0.2, -0.15) is 5.10 Å². The molecule has 2 aromatic heterocycles. The minimum Gasteiger partial charge on any atom is -0.494 e. The minimum absolute atomic E-state index is 0.0682. The highest BCUT2D eigenvalue weighted by Gasteiger charge is 2.23. The van der Waals surface area contributed by atoms with Gasteiger partial charge in [0.15, 0.2) is 23.1 Å². The van der Waals surface area contributed by atoms with Crippen LogP contribution in [0, 0.1) is 0 Å². The molecule has 2 heterocycles. The number of amides is 3. The normalized spacial score (nSPS) is 10.9. The second kappa shape index (κ2) is 11.2. The number of hydrogen-bond acceptors (Lipinski definition) is 8. The zero-order chi connectivity index (χ0) is 27.3. The average molecular weight is 495 g/mol. The van der Waals surface area contributed by atoms with Crippen molar-refractivity contribution in [1.82, 2.24) is 35.2 Å². The van der Waals surface area contributed by atoms with Crippen LogP contribution in [-0.2, 0) is 7.05 Å². The van der Waals surface area contributed by atoms with Crippen LogP contribution in [-0.4, -0.2) is 91.3 Å². The summed E-state index contributed by atoms with van der Waals surface area (Å²) in [5, 5.41) is 18.2. The smallest absolute Gasteiger partial charge is 0.323 e. The van der Waals surface area contributed by atoms with Crippen molar-refractivity contribution in [2.24, 2.45) is 7.05 Å². The lowest BCUT2D eigenvalue weighted by Crippen LogP contribution is -2.50. The first-order valence-corrected chi connectivity index (χ1v) is 10.9. The van der Waals surface area contributed by atoms with Crippen molar-refractivity contribution in [2.45, 2.75) is 12.2 Å². The minimum atomic E-state index is -2.00. The molecule has 3 amide bonds. The Bertz CT molecular complexity index is 1320. The number of ether oxygens (including phenoxy) is 1. The maximum atomic E-state index is 12.8. The summed E-state index contributed by atoms with van der Waals surface area (Å²) in [5.74, 6) is 0.0934. The van der Waals surface area contributed by atoms with Crippen molar-refractivity contribution in [3.8, 4) is 17.1 Å². The number of anilines is 3. The Labute approximate surface area is 218 Å². The molecule has 3 rings (SSSR count). The van der Waals surface area contributed by atoms with E-state index < -0.39 is 17.2 Å². The number of nitrogens with zero attached hydrogens (tertiary/aromatic N) is 6. The Morgan fingerprint density at radius 1 is 1.22 bits per heavy atom. The van der Waals surface area contributed by atoms with Gasteiger partial charge in [0.05, 0.1) is 47.6 Å². The van der Waals surface area contributed by atoms with Crippen LogP contribution >= 0.6 is 0 Å². The number of carbonyl (C=O) groups is 2. The lowest BCUT2D eigenvalue weighted by atomic mass is 9.49. The fourth-order valence-electron chi connectivity index (χ4n) is 3.29. The number of benzene rings is 1. The highest BCUT2D eigenvalue weighted by Crippen LogP contribution is 2.37. The predicted molar refractivity (Wildman–Crippen MR) is 142 cm³/mol. The van der Waals surface area contributed by atoms with Crippen LogP contribution < -0.4 is 20.7 Å². The molecule has 184 valence electrons. The van der Waals surface area contributed by atoms with Gasteiger partial charge in [-0.25, -0.2) is 9.78 Å². The first-order valence-electron chi connectivity index (χ1n) is 10.9.